The molecule has 3 aliphatic heterocycles. The number of benzene rings is 2. The predicted molar refractivity (Wildman–Crippen MR) is 171 cm³/mol. The maximum Gasteiger partial charge on any atom is 0.318 e. The Morgan fingerprint density at radius 2 is 1.93 bits per heavy atom. The second-order valence-corrected chi connectivity index (χ2v) is 12.7. The van der Waals surface area contributed by atoms with E-state index in [4.69, 9.17) is 31.0 Å². The van der Waals surface area contributed by atoms with Crippen molar-refractivity contribution in [3.05, 3.63) is 65.1 Å². The third-order valence-electron chi connectivity index (χ3n) is 8.97. The Balaban J connectivity index is 1.34. The fraction of sp³-hybridized carbons (Fsp3) is 0.455. The van der Waals surface area contributed by atoms with Gasteiger partial charge in [-0.2, -0.15) is 15.2 Å². The molecule has 2 saturated heterocycles. The van der Waals surface area contributed by atoms with Crippen LogP contribution in [0.2, 0.25) is 5.02 Å². The van der Waals surface area contributed by atoms with Crippen LogP contribution in [0.4, 0.5) is 15.9 Å². The molecule has 0 aliphatic carbocycles. The van der Waals surface area contributed by atoms with E-state index in [1.165, 1.54) is 4.90 Å². The van der Waals surface area contributed by atoms with Crippen LogP contribution in [0.25, 0.3) is 10.8 Å². The van der Waals surface area contributed by atoms with Gasteiger partial charge < -0.3 is 29.1 Å². The van der Waals surface area contributed by atoms with Crippen molar-refractivity contribution in [2.24, 2.45) is 5.41 Å². The van der Waals surface area contributed by atoms with E-state index in [-0.39, 0.29) is 24.4 Å². The maximum atomic E-state index is 13.8. The number of fused-ring (bicyclic) bond motifs is 2. The van der Waals surface area contributed by atoms with Gasteiger partial charge in [0.2, 0.25) is 0 Å². The number of likely N-dealkylation sites (tertiary alicyclic amines) is 1. The Morgan fingerprint density at radius 1 is 1.16 bits per heavy atom. The van der Waals surface area contributed by atoms with Crippen molar-refractivity contribution in [3.8, 4) is 12.1 Å². The van der Waals surface area contributed by atoms with Crippen molar-refractivity contribution in [2.75, 3.05) is 76.4 Å². The van der Waals surface area contributed by atoms with Gasteiger partial charge in [-0.3, -0.25) is 4.79 Å². The fourth-order valence-corrected chi connectivity index (χ4v) is 7.34. The SMILES string of the molecule is C=C(F)C(=O)N1CCN(c2nc(OCC3(COC)CN(C)C3)nc3c2CCN(c2cccc4cccc(Cl)c24)C3)C[C@@H]1CC#N. The number of amides is 1. The highest BCUT2D eigenvalue weighted by molar-refractivity contribution is 6.36. The molecule has 236 valence electrons. The van der Waals surface area contributed by atoms with E-state index in [0.29, 0.717) is 44.3 Å². The van der Waals surface area contributed by atoms with Gasteiger partial charge in [-0.05, 0) is 31.0 Å². The molecule has 12 heteroatoms. The van der Waals surface area contributed by atoms with Gasteiger partial charge >= 0.3 is 6.01 Å². The number of methoxy groups -OCH3 is 1. The van der Waals surface area contributed by atoms with Crippen molar-refractivity contribution < 1.29 is 18.7 Å². The lowest BCUT2D eigenvalue weighted by atomic mass is 9.82. The number of halogens is 2. The van der Waals surface area contributed by atoms with E-state index in [2.05, 4.69) is 52.6 Å². The van der Waals surface area contributed by atoms with Crippen LogP contribution in [0.1, 0.15) is 17.7 Å². The number of ether oxygens (including phenoxy) is 2. The van der Waals surface area contributed by atoms with Gasteiger partial charge in [0.05, 0.1) is 47.8 Å². The van der Waals surface area contributed by atoms with E-state index in [1.807, 2.05) is 18.2 Å². The molecule has 3 aromatic rings. The summed E-state index contributed by atoms with van der Waals surface area (Å²) in [5.41, 5.74) is 2.75. The minimum Gasteiger partial charge on any atom is -0.463 e. The summed E-state index contributed by atoms with van der Waals surface area (Å²) in [5.74, 6) is -1.07. The number of rotatable bonds is 9. The van der Waals surface area contributed by atoms with E-state index >= 15 is 0 Å². The van der Waals surface area contributed by atoms with Crippen molar-refractivity contribution in [3.63, 3.8) is 0 Å². The smallest absolute Gasteiger partial charge is 0.318 e. The highest BCUT2D eigenvalue weighted by atomic mass is 35.5. The van der Waals surface area contributed by atoms with Crippen LogP contribution in [0.5, 0.6) is 6.01 Å². The van der Waals surface area contributed by atoms with Gasteiger partial charge in [0, 0.05) is 63.0 Å². The average Bonchev–Trinajstić information content (AvgIpc) is 3.02. The van der Waals surface area contributed by atoms with Gasteiger partial charge in [0.25, 0.3) is 5.91 Å². The van der Waals surface area contributed by atoms with Gasteiger partial charge in [-0.1, -0.05) is 42.4 Å². The molecular weight excluding hydrogens is 597 g/mol. The first-order chi connectivity index (χ1) is 21.7. The standard InChI is InChI=1S/C33H37ClFN7O3/c1-22(35)31(43)42-15-14-41(16-24(42)10-12-36)30-25-11-13-40(28-9-5-7-23-6-4-8-26(34)29(23)28)17-27(25)37-32(38-30)45-21-33(20-44-3)18-39(2)19-33/h4-9,24H,1,10-11,13-21H2,2-3H3/t24-/m0/s1. The lowest BCUT2D eigenvalue weighted by Gasteiger charge is -2.47. The molecule has 0 radical (unpaired) electrons. The summed E-state index contributed by atoms with van der Waals surface area (Å²) in [6.45, 7) is 8.09. The number of hydrogen-bond donors (Lipinski definition) is 0. The number of nitriles is 1. The van der Waals surface area contributed by atoms with Gasteiger partial charge in [-0.15, -0.1) is 0 Å². The Labute approximate surface area is 267 Å². The Hall–Kier alpha value is -3.98. The third-order valence-corrected chi connectivity index (χ3v) is 9.28. The van der Waals surface area contributed by atoms with Crippen LogP contribution >= 0.6 is 11.6 Å². The summed E-state index contributed by atoms with van der Waals surface area (Å²) >= 11 is 6.69. The molecule has 0 bridgehead atoms. The third kappa shape index (κ3) is 6.15. The minimum absolute atomic E-state index is 0.0643. The highest BCUT2D eigenvalue weighted by Gasteiger charge is 2.42. The molecule has 10 nitrogen and oxygen atoms in total. The lowest BCUT2D eigenvalue weighted by Crippen LogP contribution is -2.59. The largest absolute Gasteiger partial charge is 0.463 e. The van der Waals surface area contributed by atoms with Crippen molar-refractivity contribution >= 4 is 39.8 Å². The van der Waals surface area contributed by atoms with Crippen molar-refractivity contribution in [1.29, 1.82) is 5.26 Å². The number of carbonyl (C=O) groups excluding carboxylic acids is 1. The molecule has 0 unspecified atom stereocenters. The predicted octanol–water partition coefficient (Wildman–Crippen LogP) is 4.22. The molecule has 2 fully saturated rings. The summed E-state index contributed by atoms with van der Waals surface area (Å²) in [5, 5.41) is 12.3. The molecule has 45 heavy (non-hydrogen) atoms. The summed E-state index contributed by atoms with van der Waals surface area (Å²) in [7, 11) is 3.76. The van der Waals surface area contributed by atoms with Gasteiger partial charge in [0.15, 0.2) is 5.83 Å². The summed E-state index contributed by atoms with van der Waals surface area (Å²) in [6, 6.07) is 14.0. The fourth-order valence-electron chi connectivity index (χ4n) is 7.06. The maximum absolute atomic E-state index is 13.8. The van der Waals surface area contributed by atoms with Crippen LogP contribution in [0.15, 0.2) is 48.8 Å². The molecule has 1 amide bonds. The summed E-state index contributed by atoms with van der Waals surface area (Å²) in [6.07, 6.45) is 0.738. The van der Waals surface area contributed by atoms with Crippen LogP contribution in [0.3, 0.4) is 0 Å². The Morgan fingerprint density at radius 3 is 2.64 bits per heavy atom. The molecule has 0 saturated carbocycles. The van der Waals surface area contributed by atoms with E-state index in [0.717, 1.165) is 53.2 Å². The molecule has 0 spiro atoms. The van der Waals surface area contributed by atoms with Crippen LogP contribution in [-0.4, -0.2) is 98.4 Å². The number of anilines is 2. The van der Waals surface area contributed by atoms with E-state index in [9.17, 15) is 14.4 Å². The molecule has 3 aliphatic rings. The zero-order valence-electron chi connectivity index (χ0n) is 25.6. The van der Waals surface area contributed by atoms with E-state index < -0.39 is 17.8 Å². The molecule has 2 aromatic carbocycles. The van der Waals surface area contributed by atoms with Crippen LogP contribution < -0.4 is 14.5 Å². The van der Waals surface area contributed by atoms with Gasteiger partial charge in [0.1, 0.15) is 12.4 Å². The molecule has 4 heterocycles. The van der Waals surface area contributed by atoms with Crippen molar-refractivity contribution in [2.45, 2.75) is 25.4 Å². The topological polar surface area (TPSA) is 98.1 Å². The van der Waals surface area contributed by atoms with Gasteiger partial charge in [-0.25, -0.2) is 4.39 Å². The zero-order chi connectivity index (χ0) is 31.7. The van der Waals surface area contributed by atoms with Crippen LogP contribution in [-0.2, 0) is 22.5 Å². The minimum atomic E-state index is -1.03. The second kappa shape index (κ2) is 12.8. The number of nitrogens with zero attached hydrogens (tertiary/aromatic N) is 7. The Kier molecular flexibility index (Phi) is 8.82. The van der Waals surface area contributed by atoms with E-state index in [1.54, 1.807) is 7.11 Å². The monoisotopic (exact) mass is 633 g/mol. The Bertz CT molecular complexity index is 1650. The first-order valence-electron chi connectivity index (χ1n) is 15.1. The number of hydrogen-bond acceptors (Lipinski definition) is 9. The average molecular weight is 634 g/mol. The summed E-state index contributed by atoms with van der Waals surface area (Å²) in [4.78, 5) is 30.4. The second-order valence-electron chi connectivity index (χ2n) is 12.3. The molecule has 6 rings (SSSR count). The normalized spacial score (nSPS) is 19.5. The zero-order valence-corrected chi connectivity index (χ0v) is 26.4. The summed E-state index contributed by atoms with van der Waals surface area (Å²) < 4.78 is 25.7. The van der Waals surface area contributed by atoms with Crippen molar-refractivity contribution in [1.82, 2.24) is 19.8 Å². The molecule has 0 N–H and O–H groups in total. The number of aromatic nitrogens is 2. The first-order valence-corrected chi connectivity index (χ1v) is 15.5. The molecule has 1 aromatic heterocycles. The molecule has 1 atom stereocenters. The van der Waals surface area contributed by atoms with Crippen LogP contribution in [0, 0.1) is 16.7 Å². The number of carbonyl (C=O) groups is 1. The number of piperazine rings is 1. The lowest BCUT2D eigenvalue weighted by molar-refractivity contribution is -0.131. The quantitative estimate of drug-likeness (QED) is 0.321. The first kappa shape index (κ1) is 31.0. The molecular formula is C33H37ClFN7O3. The highest BCUT2D eigenvalue weighted by Crippen LogP contribution is 2.38.